The molecule has 3 rings (SSSR count). The van der Waals surface area contributed by atoms with Crippen molar-refractivity contribution in [2.75, 3.05) is 31.4 Å². The van der Waals surface area contributed by atoms with Crippen LogP contribution < -0.4 is 20.1 Å². The summed E-state index contributed by atoms with van der Waals surface area (Å²) >= 11 is 0. The zero-order valence-electron chi connectivity index (χ0n) is 15.5. The van der Waals surface area contributed by atoms with Gasteiger partial charge in [-0.15, -0.1) is 5.10 Å². The molecular formula is C19H27N5O2. The van der Waals surface area contributed by atoms with E-state index in [1.165, 1.54) is 32.1 Å². The zero-order chi connectivity index (χ0) is 18.2. The average Bonchev–Trinajstić information content (AvgIpc) is 2.69. The summed E-state index contributed by atoms with van der Waals surface area (Å²) in [7, 11) is 3.28. The summed E-state index contributed by atoms with van der Waals surface area (Å²) in [5.41, 5.74) is 1.15. The van der Waals surface area contributed by atoms with E-state index in [1.54, 1.807) is 20.4 Å². The number of benzene rings is 1. The Kier molecular flexibility index (Phi) is 6.46. The summed E-state index contributed by atoms with van der Waals surface area (Å²) in [6.07, 6.45) is 8.82. The van der Waals surface area contributed by atoms with Crippen LogP contribution in [0.15, 0.2) is 24.4 Å². The van der Waals surface area contributed by atoms with Crippen LogP contribution in [0, 0.1) is 0 Å². The van der Waals surface area contributed by atoms with Gasteiger partial charge >= 0.3 is 0 Å². The molecule has 0 bridgehead atoms. The lowest BCUT2D eigenvalue weighted by Crippen LogP contribution is -2.23. The number of nitrogens with zero attached hydrogens (tertiary/aromatic N) is 3. The number of ether oxygens (including phenoxy) is 2. The second-order valence-corrected chi connectivity index (χ2v) is 6.51. The van der Waals surface area contributed by atoms with E-state index >= 15 is 0 Å². The van der Waals surface area contributed by atoms with E-state index in [0.29, 0.717) is 18.5 Å². The van der Waals surface area contributed by atoms with Gasteiger partial charge in [-0.2, -0.15) is 10.1 Å². The largest absolute Gasteiger partial charge is 0.493 e. The fourth-order valence-electron chi connectivity index (χ4n) is 3.26. The molecule has 0 aliphatic heterocycles. The Morgan fingerprint density at radius 3 is 2.65 bits per heavy atom. The summed E-state index contributed by atoms with van der Waals surface area (Å²) in [6.45, 7) is 0.712. The Morgan fingerprint density at radius 2 is 1.88 bits per heavy atom. The van der Waals surface area contributed by atoms with E-state index < -0.39 is 0 Å². The second kappa shape index (κ2) is 9.22. The maximum Gasteiger partial charge on any atom is 0.244 e. The maximum atomic E-state index is 5.34. The highest BCUT2D eigenvalue weighted by molar-refractivity contribution is 5.43. The first-order valence-corrected chi connectivity index (χ1v) is 9.19. The van der Waals surface area contributed by atoms with E-state index in [-0.39, 0.29) is 0 Å². The highest BCUT2D eigenvalue weighted by atomic mass is 16.5. The number of hydrogen-bond acceptors (Lipinski definition) is 7. The molecule has 7 nitrogen and oxygen atoms in total. The summed E-state index contributed by atoms with van der Waals surface area (Å²) in [6, 6.07) is 6.44. The van der Waals surface area contributed by atoms with Crippen molar-refractivity contribution in [3.8, 4) is 11.5 Å². The lowest BCUT2D eigenvalue weighted by Gasteiger charge is -2.23. The number of nitrogens with one attached hydrogen (secondary N) is 2. The Morgan fingerprint density at radius 1 is 1.08 bits per heavy atom. The molecule has 0 spiro atoms. The highest BCUT2D eigenvalue weighted by Gasteiger charge is 2.14. The van der Waals surface area contributed by atoms with Gasteiger partial charge in [-0.1, -0.05) is 25.3 Å². The molecule has 26 heavy (non-hydrogen) atoms. The topological polar surface area (TPSA) is 81.2 Å². The van der Waals surface area contributed by atoms with E-state index in [0.717, 1.165) is 29.3 Å². The normalized spacial score (nSPS) is 14.7. The van der Waals surface area contributed by atoms with Crippen molar-refractivity contribution in [1.29, 1.82) is 0 Å². The van der Waals surface area contributed by atoms with E-state index in [4.69, 9.17) is 9.47 Å². The smallest absolute Gasteiger partial charge is 0.244 e. The van der Waals surface area contributed by atoms with Crippen molar-refractivity contribution >= 4 is 11.8 Å². The van der Waals surface area contributed by atoms with Crippen LogP contribution in [-0.4, -0.2) is 42.0 Å². The van der Waals surface area contributed by atoms with E-state index in [1.807, 2.05) is 18.2 Å². The molecular weight excluding hydrogens is 330 g/mol. The van der Waals surface area contributed by atoms with Crippen LogP contribution in [0.3, 0.4) is 0 Å². The predicted molar refractivity (Wildman–Crippen MR) is 102 cm³/mol. The molecule has 1 aromatic heterocycles. The standard InChI is InChI=1S/C19H27N5O2/c1-25-16-9-8-14(12-17(16)26-2)10-11-20-19-23-18(13-21-24-19)22-15-6-4-3-5-7-15/h8-9,12-13,15H,3-7,10-11H2,1-2H3,(H2,20,22,23,24). The molecule has 2 N–H and O–H groups in total. The fourth-order valence-corrected chi connectivity index (χ4v) is 3.26. The Bertz CT molecular complexity index is 704. The summed E-state index contributed by atoms with van der Waals surface area (Å²) in [5, 5.41) is 14.8. The second-order valence-electron chi connectivity index (χ2n) is 6.51. The highest BCUT2D eigenvalue weighted by Crippen LogP contribution is 2.27. The van der Waals surface area contributed by atoms with Crippen molar-refractivity contribution in [2.24, 2.45) is 0 Å². The van der Waals surface area contributed by atoms with Gasteiger partial charge in [0, 0.05) is 12.6 Å². The van der Waals surface area contributed by atoms with E-state index in [2.05, 4.69) is 25.8 Å². The first-order chi connectivity index (χ1) is 12.8. The van der Waals surface area contributed by atoms with Gasteiger partial charge in [0.15, 0.2) is 17.3 Å². The molecule has 1 fully saturated rings. The number of anilines is 2. The van der Waals surface area contributed by atoms with Gasteiger partial charge in [0.05, 0.1) is 20.4 Å². The molecule has 1 aliphatic rings. The molecule has 1 heterocycles. The van der Waals surface area contributed by atoms with Crippen molar-refractivity contribution in [1.82, 2.24) is 15.2 Å². The zero-order valence-corrected chi connectivity index (χ0v) is 15.5. The molecule has 0 saturated heterocycles. The monoisotopic (exact) mass is 357 g/mol. The minimum absolute atomic E-state index is 0.500. The van der Waals surface area contributed by atoms with Crippen LogP contribution in [0.25, 0.3) is 0 Å². The average molecular weight is 357 g/mol. The minimum Gasteiger partial charge on any atom is -0.493 e. The molecule has 2 aromatic rings. The van der Waals surface area contributed by atoms with Gasteiger partial charge in [-0.05, 0) is 37.0 Å². The molecule has 0 unspecified atom stereocenters. The molecule has 140 valence electrons. The SMILES string of the molecule is COc1ccc(CCNc2nncc(NC3CCCCC3)n2)cc1OC. The van der Waals surface area contributed by atoms with Crippen LogP contribution in [0.5, 0.6) is 11.5 Å². The number of hydrogen-bond donors (Lipinski definition) is 2. The van der Waals surface area contributed by atoms with Crippen LogP contribution in [-0.2, 0) is 6.42 Å². The summed E-state index contributed by atoms with van der Waals surface area (Å²) in [4.78, 5) is 4.52. The molecule has 1 saturated carbocycles. The Labute approximate surface area is 154 Å². The fraction of sp³-hybridized carbons (Fsp3) is 0.526. The van der Waals surface area contributed by atoms with Crippen LogP contribution in [0.1, 0.15) is 37.7 Å². The minimum atomic E-state index is 0.500. The first kappa shape index (κ1) is 18.2. The van der Waals surface area contributed by atoms with Gasteiger partial charge in [0.25, 0.3) is 0 Å². The number of aromatic nitrogens is 3. The molecule has 7 heteroatoms. The van der Waals surface area contributed by atoms with Crippen LogP contribution in [0.2, 0.25) is 0 Å². The molecule has 0 radical (unpaired) electrons. The third kappa shape index (κ3) is 4.97. The maximum absolute atomic E-state index is 5.34. The lowest BCUT2D eigenvalue weighted by molar-refractivity contribution is 0.354. The summed E-state index contributed by atoms with van der Waals surface area (Å²) in [5.74, 6) is 2.81. The first-order valence-electron chi connectivity index (χ1n) is 9.19. The number of rotatable bonds is 8. The van der Waals surface area contributed by atoms with Gasteiger partial charge < -0.3 is 20.1 Å². The van der Waals surface area contributed by atoms with Gasteiger partial charge in [-0.3, -0.25) is 0 Å². The quantitative estimate of drug-likeness (QED) is 0.750. The van der Waals surface area contributed by atoms with Gasteiger partial charge in [0.2, 0.25) is 5.95 Å². The van der Waals surface area contributed by atoms with Crippen molar-refractivity contribution in [3.63, 3.8) is 0 Å². The van der Waals surface area contributed by atoms with Gasteiger partial charge in [0.1, 0.15) is 0 Å². The van der Waals surface area contributed by atoms with Crippen molar-refractivity contribution in [2.45, 2.75) is 44.6 Å². The predicted octanol–water partition coefficient (Wildman–Crippen LogP) is 3.29. The van der Waals surface area contributed by atoms with E-state index in [9.17, 15) is 0 Å². The van der Waals surface area contributed by atoms with Gasteiger partial charge in [-0.25, -0.2) is 0 Å². The third-order valence-electron chi connectivity index (χ3n) is 4.66. The molecule has 0 amide bonds. The third-order valence-corrected chi connectivity index (χ3v) is 4.66. The number of methoxy groups -OCH3 is 2. The van der Waals surface area contributed by atoms with Crippen LogP contribution in [0.4, 0.5) is 11.8 Å². The van der Waals surface area contributed by atoms with Crippen molar-refractivity contribution < 1.29 is 9.47 Å². The Hall–Kier alpha value is -2.57. The molecule has 0 atom stereocenters. The Balaban J connectivity index is 1.52. The molecule has 1 aromatic carbocycles. The van der Waals surface area contributed by atoms with Crippen LogP contribution >= 0.6 is 0 Å². The molecule has 1 aliphatic carbocycles. The lowest BCUT2D eigenvalue weighted by atomic mass is 9.96. The van der Waals surface area contributed by atoms with Crippen molar-refractivity contribution in [3.05, 3.63) is 30.0 Å². The summed E-state index contributed by atoms with van der Waals surface area (Å²) < 4.78 is 10.6.